The first kappa shape index (κ1) is 13.8. The van der Waals surface area contributed by atoms with E-state index in [2.05, 4.69) is 17.2 Å². The van der Waals surface area contributed by atoms with Crippen molar-refractivity contribution in [2.45, 2.75) is 19.4 Å². The number of amides is 2. The number of nitrogens with one attached hydrogen (secondary N) is 2. The van der Waals surface area contributed by atoms with E-state index in [-0.39, 0.29) is 17.6 Å². The van der Waals surface area contributed by atoms with Crippen molar-refractivity contribution >= 4 is 17.7 Å². The van der Waals surface area contributed by atoms with Gasteiger partial charge in [-0.1, -0.05) is 12.1 Å². The van der Waals surface area contributed by atoms with Gasteiger partial charge in [-0.3, -0.25) is 0 Å². The van der Waals surface area contributed by atoms with Gasteiger partial charge in [0.15, 0.2) is 0 Å². The minimum Gasteiger partial charge on any atom is -0.478 e. The summed E-state index contributed by atoms with van der Waals surface area (Å²) in [5, 5.41) is 14.1. The molecule has 5 nitrogen and oxygen atoms in total. The Morgan fingerprint density at radius 2 is 2.22 bits per heavy atom. The van der Waals surface area contributed by atoms with Gasteiger partial charge in [0.05, 0.1) is 5.56 Å². The van der Waals surface area contributed by atoms with Gasteiger partial charge in [0.25, 0.3) is 0 Å². The Labute approximate surface area is 106 Å². The maximum absolute atomic E-state index is 11.6. The minimum atomic E-state index is -1.03. The van der Waals surface area contributed by atoms with E-state index in [9.17, 15) is 9.59 Å². The fourth-order valence-corrected chi connectivity index (χ4v) is 1.43. The first-order valence-corrected chi connectivity index (χ1v) is 5.54. The summed E-state index contributed by atoms with van der Waals surface area (Å²) in [5.41, 5.74) is 0.574. The van der Waals surface area contributed by atoms with Gasteiger partial charge < -0.3 is 15.7 Å². The number of aromatic carboxylic acids is 1. The van der Waals surface area contributed by atoms with Crippen molar-refractivity contribution in [3.63, 3.8) is 0 Å². The highest BCUT2D eigenvalue weighted by Gasteiger charge is 2.07. The van der Waals surface area contributed by atoms with Crippen molar-refractivity contribution in [3.05, 3.63) is 42.5 Å². The number of benzene rings is 1. The Morgan fingerprint density at radius 3 is 2.83 bits per heavy atom. The Hall–Kier alpha value is -2.30. The van der Waals surface area contributed by atoms with Crippen molar-refractivity contribution in [2.24, 2.45) is 0 Å². The van der Waals surface area contributed by atoms with E-state index < -0.39 is 5.97 Å². The van der Waals surface area contributed by atoms with Crippen LogP contribution in [-0.4, -0.2) is 23.1 Å². The zero-order valence-corrected chi connectivity index (χ0v) is 10.1. The number of carbonyl (C=O) groups excluding carboxylic acids is 1. The minimum absolute atomic E-state index is 0.0230. The van der Waals surface area contributed by atoms with E-state index in [1.807, 2.05) is 6.92 Å². The predicted molar refractivity (Wildman–Crippen MR) is 69.8 cm³/mol. The lowest BCUT2D eigenvalue weighted by Gasteiger charge is -2.12. The maximum Gasteiger partial charge on any atom is 0.335 e. The molecule has 0 fully saturated rings. The summed E-state index contributed by atoms with van der Waals surface area (Å²) in [6.07, 6.45) is 2.39. The van der Waals surface area contributed by atoms with Crippen LogP contribution in [-0.2, 0) is 0 Å². The molecule has 1 unspecified atom stereocenters. The molecule has 1 aromatic carbocycles. The summed E-state index contributed by atoms with van der Waals surface area (Å²) < 4.78 is 0. The van der Waals surface area contributed by atoms with Crippen LogP contribution in [0, 0.1) is 0 Å². The Balaban J connectivity index is 2.61. The van der Waals surface area contributed by atoms with Crippen molar-refractivity contribution in [3.8, 4) is 0 Å². The molecule has 1 rings (SSSR count). The first-order chi connectivity index (χ1) is 8.52. The van der Waals surface area contributed by atoms with Crippen LogP contribution in [0.3, 0.4) is 0 Å². The molecular weight excluding hydrogens is 232 g/mol. The molecule has 5 heteroatoms. The number of carboxylic acid groups (broad SMARTS) is 1. The quantitative estimate of drug-likeness (QED) is 0.700. The number of carbonyl (C=O) groups is 2. The fourth-order valence-electron chi connectivity index (χ4n) is 1.43. The Kier molecular flexibility index (Phi) is 4.92. The molecule has 0 saturated heterocycles. The van der Waals surface area contributed by atoms with Crippen LogP contribution in [0.1, 0.15) is 23.7 Å². The van der Waals surface area contributed by atoms with Crippen molar-refractivity contribution in [2.75, 3.05) is 5.32 Å². The molecule has 18 heavy (non-hydrogen) atoms. The molecule has 2 amide bonds. The number of rotatable bonds is 5. The first-order valence-electron chi connectivity index (χ1n) is 5.54. The second-order valence-electron chi connectivity index (χ2n) is 3.91. The van der Waals surface area contributed by atoms with E-state index in [1.54, 1.807) is 18.2 Å². The lowest BCUT2D eigenvalue weighted by atomic mass is 10.2. The van der Waals surface area contributed by atoms with Crippen LogP contribution < -0.4 is 10.6 Å². The number of hydrogen-bond acceptors (Lipinski definition) is 2. The fraction of sp³-hybridized carbons (Fsp3) is 0.231. The molecule has 0 aliphatic rings. The maximum atomic E-state index is 11.6. The van der Waals surface area contributed by atoms with Crippen LogP contribution in [0.4, 0.5) is 10.5 Å². The van der Waals surface area contributed by atoms with E-state index in [1.165, 1.54) is 12.1 Å². The van der Waals surface area contributed by atoms with Gasteiger partial charge in [0.1, 0.15) is 0 Å². The largest absolute Gasteiger partial charge is 0.478 e. The van der Waals surface area contributed by atoms with Gasteiger partial charge in [0.2, 0.25) is 0 Å². The lowest BCUT2D eigenvalue weighted by Crippen LogP contribution is -2.35. The second kappa shape index (κ2) is 6.44. The van der Waals surface area contributed by atoms with E-state index in [0.29, 0.717) is 12.1 Å². The second-order valence-corrected chi connectivity index (χ2v) is 3.91. The summed E-state index contributed by atoms with van der Waals surface area (Å²) in [5.74, 6) is -1.03. The summed E-state index contributed by atoms with van der Waals surface area (Å²) in [7, 11) is 0. The average molecular weight is 248 g/mol. The third-order valence-electron chi connectivity index (χ3n) is 2.27. The molecule has 0 bridgehead atoms. The number of hydrogen-bond donors (Lipinski definition) is 3. The highest BCUT2D eigenvalue weighted by atomic mass is 16.4. The molecule has 0 radical (unpaired) electrons. The van der Waals surface area contributed by atoms with Gasteiger partial charge in [-0.15, -0.1) is 6.58 Å². The zero-order chi connectivity index (χ0) is 13.5. The average Bonchev–Trinajstić information content (AvgIpc) is 2.29. The van der Waals surface area contributed by atoms with Crippen LogP contribution in [0.2, 0.25) is 0 Å². The van der Waals surface area contributed by atoms with Crippen molar-refractivity contribution in [1.82, 2.24) is 5.32 Å². The molecule has 0 heterocycles. The summed E-state index contributed by atoms with van der Waals surface area (Å²) in [6, 6.07) is 5.68. The molecule has 96 valence electrons. The predicted octanol–water partition coefficient (Wildman–Crippen LogP) is 2.47. The molecule has 1 atom stereocenters. The van der Waals surface area contributed by atoms with E-state index in [0.717, 1.165) is 0 Å². The summed E-state index contributed by atoms with van der Waals surface area (Å²) in [6.45, 7) is 5.44. The van der Waals surface area contributed by atoms with Crippen molar-refractivity contribution < 1.29 is 14.7 Å². The van der Waals surface area contributed by atoms with Crippen LogP contribution >= 0.6 is 0 Å². The number of urea groups is 1. The smallest absolute Gasteiger partial charge is 0.335 e. The van der Waals surface area contributed by atoms with Gasteiger partial charge in [-0.25, -0.2) is 9.59 Å². The monoisotopic (exact) mass is 248 g/mol. The summed E-state index contributed by atoms with van der Waals surface area (Å²) in [4.78, 5) is 22.3. The third kappa shape index (κ3) is 4.29. The van der Waals surface area contributed by atoms with E-state index in [4.69, 9.17) is 5.11 Å². The van der Waals surface area contributed by atoms with Crippen LogP contribution in [0.5, 0.6) is 0 Å². The number of carboxylic acids is 1. The van der Waals surface area contributed by atoms with Gasteiger partial charge in [0, 0.05) is 11.7 Å². The normalized spacial score (nSPS) is 11.4. The van der Waals surface area contributed by atoms with Gasteiger partial charge in [-0.2, -0.15) is 0 Å². The lowest BCUT2D eigenvalue weighted by molar-refractivity contribution is 0.0697. The molecule has 3 N–H and O–H groups in total. The number of anilines is 1. The highest BCUT2D eigenvalue weighted by molar-refractivity contribution is 5.93. The van der Waals surface area contributed by atoms with Crippen LogP contribution in [0.25, 0.3) is 0 Å². The summed E-state index contributed by atoms with van der Waals surface area (Å²) >= 11 is 0. The highest BCUT2D eigenvalue weighted by Crippen LogP contribution is 2.10. The molecular formula is C13H16N2O3. The van der Waals surface area contributed by atoms with Crippen molar-refractivity contribution in [1.29, 1.82) is 0 Å². The topological polar surface area (TPSA) is 78.4 Å². The Morgan fingerprint density at radius 1 is 1.50 bits per heavy atom. The molecule has 1 aromatic rings. The standard InChI is InChI=1S/C13H16N2O3/c1-3-5-9(2)14-13(18)15-11-7-4-6-10(8-11)12(16)17/h3-4,6-9H,1,5H2,2H3,(H,16,17)(H2,14,15,18). The SMILES string of the molecule is C=CCC(C)NC(=O)Nc1cccc(C(=O)O)c1. The molecule has 0 aliphatic heterocycles. The molecule has 0 aromatic heterocycles. The van der Waals surface area contributed by atoms with Gasteiger partial charge >= 0.3 is 12.0 Å². The molecule has 0 saturated carbocycles. The third-order valence-corrected chi connectivity index (χ3v) is 2.27. The molecule has 0 spiro atoms. The Bertz CT molecular complexity index is 457. The van der Waals surface area contributed by atoms with E-state index >= 15 is 0 Å². The molecule has 0 aliphatic carbocycles. The van der Waals surface area contributed by atoms with Crippen LogP contribution in [0.15, 0.2) is 36.9 Å². The van der Waals surface area contributed by atoms with Gasteiger partial charge in [-0.05, 0) is 31.5 Å². The zero-order valence-electron chi connectivity index (χ0n) is 10.1.